The van der Waals surface area contributed by atoms with E-state index in [2.05, 4.69) is 4.98 Å². The van der Waals surface area contributed by atoms with Crippen molar-refractivity contribution >= 4 is 11.9 Å². The van der Waals surface area contributed by atoms with E-state index in [1.807, 2.05) is 49.4 Å². The zero-order chi connectivity index (χ0) is 22.3. The second-order valence-electron chi connectivity index (χ2n) is 7.70. The summed E-state index contributed by atoms with van der Waals surface area (Å²) < 4.78 is 16.7. The molecule has 0 bridgehead atoms. The van der Waals surface area contributed by atoms with Crippen molar-refractivity contribution in [2.24, 2.45) is 0 Å². The number of morpholine rings is 1. The molecule has 1 amide bonds. The molecule has 4 rings (SSSR count). The fraction of sp³-hybridized carbons (Fsp3) is 0.320. The molecule has 0 radical (unpaired) electrons. The molecule has 3 aromatic rings. The molecule has 1 aliphatic heterocycles. The van der Waals surface area contributed by atoms with Crippen molar-refractivity contribution in [2.75, 3.05) is 26.3 Å². The lowest BCUT2D eigenvalue weighted by atomic mass is 10.1. The smallest absolute Gasteiger partial charge is 0.307 e. The molecule has 7 heteroatoms. The molecular formula is C25H26N2O5. The zero-order valence-corrected chi connectivity index (χ0v) is 18.0. The van der Waals surface area contributed by atoms with Gasteiger partial charge in [0, 0.05) is 30.6 Å². The van der Waals surface area contributed by atoms with Crippen molar-refractivity contribution in [3.05, 3.63) is 77.8 Å². The van der Waals surface area contributed by atoms with Gasteiger partial charge in [-0.3, -0.25) is 9.59 Å². The number of rotatable bonds is 7. The topological polar surface area (TPSA) is 81.9 Å². The molecule has 2 aromatic carbocycles. The number of carbonyl (C=O) groups excluding carboxylic acids is 2. The Hall–Kier alpha value is -3.45. The van der Waals surface area contributed by atoms with Crippen LogP contribution in [0.1, 0.15) is 29.5 Å². The third-order valence-corrected chi connectivity index (χ3v) is 5.33. The average molecular weight is 434 g/mol. The molecule has 1 fully saturated rings. The molecule has 1 aromatic heterocycles. The molecule has 0 spiro atoms. The van der Waals surface area contributed by atoms with E-state index >= 15 is 0 Å². The van der Waals surface area contributed by atoms with E-state index in [9.17, 15) is 9.59 Å². The van der Waals surface area contributed by atoms with Gasteiger partial charge in [-0.2, -0.15) is 0 Å². The summed E-state index contributed by atoms with van der Waals surface area (Å²) in [4.78, 5) is 31.6. The van der Waals surface area contributed by atoms with Crippen LogP contribution in [0, 0.1) is 6.92 Å². The van der Waals surface area contributed by atoms with Crippen molar-refractivity contribution in [1.82, 2.24) is 9.88 Å². The maximum atomic E-state index is 13.1. The predicted molar refractivity (Wildman–Crippen MR) is 118 cm³/mol. The average Bonchev–Trinajstić information content (AvgIpc) is 3.31. The molecule has 2 heterocycles. The lowest BCUT2D eigenvalue weighted by molar-refractivity contribution is -0.162. The summed E-state index contributed by atoms with van der Waals surface area (Å²) in [6.45, 7) is 3.95. The Morgan fingerprint density at radius 3 is 2.50 bits per heavy atom. The third kappa shape index (κ3) is 5.42. The number of ether oxygens (including phenoxy) is 2. The van der Waals surface area contributed by atoms with Gasteiger partial charge in [-0.15, -0.1) is 0 Å². The van der Waals surface area contributed by atoms with E-state index in [1.165, 1.54) is 0 Å². The van der Waals surface area contributed by atoms with E-state index in [1.54, 1.807) is 23.2 Å². The fourth-order valence-electron chi connectivity index (χ4n) is 3.51. The highest BCUT2D eigenvalue weighted by Crippen LogP contribution is 2.24. The lowest BCUT2D eigenvalue weighted by Gasteiger charge is -2.30. The van der Waals surface area contributed by atoms with Gasteiger partial charge in [0.15, 0.2) is 11.7 Å². The van der Waals surface area contributed by atoms with E-state index in [0.717, 1.165) is 11.1 Å². The highest BCUT2D eigenvalue weighted by atomic mass is 16.5. The van der Waals surface area contributed by atoms with Crippen LogP contribution in [-0.2, 0) is 25.5 Å². The molecule has 7 nitrogen and oxygen atoms in total. The summed E-state index contributed by atoms with van der Waals surface area (Å²) in [7, 11) is 0. The van der Waals surface area contributed by atoms with Crippen LogP contribution in [0.15, 0.2) is 65.2 Å². The molecule has 0 unspecified atom stereocenters. The summed E-state index contributed by atoms with van der Waals surface area (Å²) >= 11 is 0. The Kier molecular flexibility index (Phi) is 6.97. The van der Waals surface area contributed by atoms with Crippen LogP contribution in [0.25, 0.3) is 11.3 Å². The number of oxazole rings is 1. The first-order chi connectivity index (χ1) is 15.6. The highest BCUT2D eigenvalue weighted by molar-refractivity contribution is 5.85. The van der Waals surface area contributed by atoms with Crippen LogP contribution in [0.4, 0.5) is 0 Å². The predicted octanol–water partition coefficient (Wildman–Crippen LogP) is 3.73. The van der Waals surface area contributed by atoms with Crippen LogP contribution in [-0.4, -0.2) is 48.1 Å². The Bertz CT molecular complexity index is 1040. The first-order valence-corrected chi connectivity index (χ1v) is 10.7. The monoisotopic (exact) mass is 434 g/mol. The van der Waals surface area contributed by atoms with E-state index < -0.39 is 12.1 Å². The third-order valence-electron chi connectivity index (χ3n) is 5.33. The minimum Gasteiger partial charge on any atom is -0.447 e. The van der Waals surface area contributed by atoms with Gasteiger partial charge >= 0.3 is 5.97 Å². The summed E-state index contributed by atoms with van der Waals surface area (Å²) in [5, 5.41) is 0. The largest absolute Gasteiger partial charge is 0.447 e. The van der Waals surface area contributed by atoms with Crippen LogP contribution in [0.2, 0.25) is 0 Å². The van der Waals surface area contributed by atoms with Gasteiger partial charge in [-0.25, -0.2) is 4.98 Å². The standard InChI is InChI=1S/C25H26N2O5/c1-18-7-9-19(10-8-18)21-17-26-22(31-21)11-12-23(28)32-24(20-5-3-2-4-6-20)25(29)27-13-15-30-16-14-27/h2-10,17,24H,11-16H2,1H3/t24-/m1/s1. The minimum atomic E-state index is -0.977. The molecule has 0 saturated carbocycles. The maximum Gasteiger partial charge on any atom is 0.307 e. The lowest BCUT2D eigenvalue weighted by Crippen LogP contribution is -2.44. The molecule has 166 valence electrons. The number of esters is 1. The normalized spacial score (nSPS) is 14.7. The van der Waals surface area contributed by atoms with Gasteiger partial charge in [-0.05, 0) is 6.92 Å². The van der Waals surface area contributed by atoms with Crippen LogP contribution >= 0.6 is 0 Å². The maximum absolute atomic E-state index is 13.1. The van der Waals surface area contributed by atoms with E-state index in [4.69, 9.17) is 13.9 Å². The van der Waals surface area contributed by atoms with Gasteiger partial charge in [-0.1, -0.05) is 60.2 Å². The number of hydrogen-bond donors (Lipinski definition) is 0. The van der Waals surface area contributed by atoms with Crippen LogP contribution in [0.3, 0.4) is 0 Å². The molecule has 0 aliphatic carbocycles. The van der Waals surface area contributed by atoms with Gasteiger partial charge in [0.05, 0.1) is 25.8 Å². The number of nitrogens with zero attached hydrogens (tertiary/aromatic N) is 2. The number of aromatic nitrogens is 1. The zero-order valence-electron chi connectivity index (χ0n) is 18.0. The Labute approximate surface area is 187 Å². The van der Waals surface area contributed by atoms with Gasteiger partial charge in [0.1, 0.15) is 0 Å². The van der Waals surface area contributed by atoms with E-state index in [0.29, 0.717) is 43.5 Å². The van der Waals surface area contributed by atoms with Crippen molar-refractivity contribution in [1.29, 1.82) is 0 Å². The molecule has 1 saturated heterocycles. The number of aryl methyl sites for hydroxylation is 2. The van der Waals surface area contributed by atoms with Gasteiger partial charge < -0.3 is 18.8 Å². The minimum absolute atomic E-state index is 0.0631. The molecule has 1 aliphatic rings. The van der Waals surface area contributed by atoms with Gasteiger partial charge in [0.2, 0.25) is 6.10 Å². The first kappa shape index (κ1) is 21.8. The number of benzene rings is 2. The Morgan fingerprint density at radius 1 is 1.06 bits per heavy atom. The Morgan fingerprint density at radius 2 is 1.78 bits per heavy atom. The fourth-order valence-corrected chi connectivity index (χ4v) is 3.51. The number of amides is 1. The number of hydrogen-bond acceptors (Lipinski definition) is 6. The SMILES string of the molecule is Cc1ccc(-c2cnc(CCC(=O)O[C@@H](C(=O)N3CCOCC3)c3ccccc3)o2)cc1. The van der Waals surface area contributed by atoms with Crippen molar-refractivity contribution in [2.45, 2.75) is 25.9 Å². The summed E-state index contributed by atoms with van der Waals surface area (Å²) in [5.41, 5.74) is 2.74. The summed E-state index contributed by atoms with van der Waals surface area (Å²) in [6, 6.07) is 17.0. The first-order valence-electron chi connectivity index (χ1n) is 10.7. The Balaban J connectivity index is 1.39. The van der Waals surface area contributed by atoms with Gasteiger partial charge in [0.25, 0.3) is 5.91 Å². The number of carbonyl (C=O) groups is 2. The van der Waals surface area contributed by atoms with Crippen molar-refractivity contribution in [3.8, 4) is 11.3 Å². The van der Waals surface area contributed by atoms with E-state index in [-0.39, 0.29) is 18.7 Å². The van der Waals surface area contributed by atoms with Crippen molar-refractivity contribution in [3.63, 3.8) is 0 Å². The summed E-state index contributed by atoms with van der Waals surface area (Å²) in [6.07, 6.45) is 1.03. The molecular weight excluding hydrogens is 408 g/mol. The van der Waals surface area contributed by atoms with Crippen LogP contribution in [0.5, 0.6) is 0 Å². The summed E-state index contributed by atoms with van der Waals surface area (Å²) in [5.74, 6) is 0.396. The second kappa shape index (κ2) is 10.2. The van der Waals surface area contributed by atoms with Crippen LogP contribution < -0.4 is 0 Å². The molecule has 32 heavy (non-hydrogen) atoms. The molecule has 0 N–H and O–H groups in total. The highest BCUT2D eigenvalue weighted by Gasteiger charge is 2.30. The second-order valence-corrected chi connectivity index (χ2v) is 7.70. The molecule has 1 atom stereocenters. The van der Waals surface area contributed by atoms with Crippen molar-refractivity contribution < 1.29 is 23.5 Å². The quantitative estimate of drug-likeness (QED) is 0.527.